The normalized spacial score (nSPS) is 13.1. The van der Waals surface area contributed by atoms with E-state index in [4.69, 9.17) is 0 Å². The van der Waals surface area contributed by atoms with Gasteiger partial charge in [-0.05, 0) is 26.8 Å². The molecule has 0 heterocycles. The Hall–Kier alpha value is -0.370. The van der Waals surface area contributed by atoms with E-state index in [1.807, 2.05) is 0 Å². The molecule has 1 N–H and O–H groups in total. The zero-order chi connectivity index (χ0) is 7.98. The second-order valence-electron chi connectivity index (χ2n) is 2.70. The van der Waals surface area contributed by atoms with E-state index >= 15 is 0 Å². The minimum Gasteiger partial charge on any atom is -0.315 e. The molecule has 1 unspecified atom stereocenters. The lowest BCUT2D eigenvalue weighted by Crippen LogP contribution is -2.25. The van der Waals surface area contributed by atoms with E-state index in [0.29, 0.717) is 12.5 Å². The summed E-state index contributed by atoms with van der Waals surface area (Å²) in [5.74, 6) is 0.282. The van der Waals surface area contributed by atoms with Gasteiger partial charge in [-0.15, -0.1) is 0 Å². The van der Waals surface area contributed by atoms with Crippen molar-refractivity contribution in [2.24, 2.45) is 0 Å². The third-order valence-corrected chi connectivity index (χ3v) is 1.48. The highest BCUT2D eigenvalue weighted by molar-refractivity contribution is 5.75. The summed E-state index contributed by atoms with van der Waals surface area (Å²) in [5.41, 5.74) is 0. The summed E-state index contributed by atoms with van der Waals surface area (Å²) in [4.78, 5) is 10.5. The largest absolute Gasteiger partial charge is 0.315 e. The van der Waals surface area contributed by atoms with Crippen LogP contribution in [-0.4, -0.2) is 18.4 Å². The van der Waals surface area contributed by atoms with Gasteiger partial charge in [0.25, 0.3) is 0 Å². The molecule has 0 rings (SSSR count). The maximum Gasteiger partial charge on any atom is 0.129 e. The van der Waals surface area contributed by atoms with Crippen LogP contribution in [0.3, 0.4) is 0 Å². The second-order valence-corrected chi connectivity index (χ2v) is 2.70. The number of rotatable bonds is 5. The Kier molecular flexibility index (Phi) is 5.22. The second kappa shape index (κ2) is 5.42. The van der Waals surface area contributed by atoms with E-state index in [0.717, 1.165) is 13.0 Å². The van der Waals surface area contributed by atoms with Crippen LogP contribution >= 0.6 is 0 Å². The predicted octanol–water partition coefficient (Wildman–Crippen LogP) is 1.35. The lowest BCUT2D eigenvalue weighted by Gasteiger charge is -2.09. The highest BCUT2D eigenvalue weighted by Crippen LogP contribution is 1.95. The van der Waals surface area contributed by atoms with Crippen molar-refractivity contribution >= 4 is 5.78 Å². The number of hydrogen-bond acceptors (Lipinski definition) is 2. The molecule has 0 aromatic rings. The predicted molar refractivity (Wildman–Crippen MR) is 43.1 cm³/mol. The molecule has 10 heavy (non-hydrogen) atoms. The van der Waals surface area contributed by atoms with Gasteiger partial charge in [0.2, 0.25) is 0 Å². The fourth-order valence-electron chi connectivity index (χ4n) is 0.870. The van der Waals surface area contributed by atoms with E-state index in [9.17, 15) is 4.79 Å². The molecule has 0 aromatic heterocycles. The molecule has 0 aliphatic heterocycles. The smallest absolute Gasteiger partial charge is 0.129 e. The summed E-state index contributed by atoms with van der Waals surface area (Å²) < 4.78 is 0. The van der Waals surface area contributed by atoms with E-state index in [2.05, 4.69) is 19.2 Å². The lowest BCUT2D eigenvalue weighted by molar-refractivity contribution is -0.117. The van der Waals surface area contributed by atoms with Crippen molar-refractivity contribution in [1.29, 1.82) is 0 Å². The standard InChI is InChI=1S/C8H17NO/c1-4-9-7(2)5-6-8(3)10/h7,9H,4-6H2,1-3H3. The molecule has 0 saturated carbocycles. The molecule has 0 fully saturated rings. The van der Waals surface area contributed by atoms with Gasteiger partial charge in [0.1, 0.15) is 5.78 Å². The van der Waals surface area contributed by atoms with Gasteiger partial charge in [0, 0.05) is 12.5 Å². The Morgan fingerprint density at radius 1 is 1.60 bits per heavy atom. The summed E-state index contributed by atoms with van der Waals surface area (Å²) in [6.45, 7) is 6.80. The van der Waals surface area contributed by atoms with Crippen LogP contribution in [0.4, 0.5) is 0 Å². The van der Waals surface area contributed by atoms with Crippen LogP contribution < -0.4 is 5.32 Å². The minimum absolute atomic E-state index is 0.282. The van der Waals surface area contributed by atoms with Crippen LogP contribution in [-0.2, 0) is 4.79 Å². The third kappa shape index (κ3) is 5.76. The first-order chi connectivity index (χ1) is 4.66. The third-order valence-electron chi connectivity index (χ3n) is 1.48. The first-order valence-electron chi connectivity index (χ1n) is 3.89. The van der Waals surface area contributed by atoms with Gasteiger partial charge in [-0.1, -0.05) is 6.92 Å². The molecule has 60 valence electrons. The van der Waals surface area contributed by atoms with Crippen LogP contribution in [0.1, 0.15) is 33.6 Å². The summed E-state index contributed by atoms with van der Waals surface area (Å²) >= 11 is 0. The van der Waals surface area contributed by atoms with Gasteiger partial charge < -0.3 is 10.1 Å². The number of nitrogens with one attached hydrogen (secondary N) is 1. The number of carbonyl (C=O) groups is 1. The summed E-state index contributed by atoms with van der Waals surface area (Å²) in [6.07, 6.45) is 1.66. The molecule has 2 heteroatoms. The number of hydrogen-bond donors (Lipinski definition) is 1. The van der Waals surface area contributed by atoms with Crippen molar-refractivity contribution in [2.75, 3.05) is 6.54 Å². The van der Waals surface area contributed by atoms with Crippen molar-refractivity contribution in [2.45, 2.75) is 39.7 Å². The van der Waals surface area contributed by atoms with Gasteiger partial charge in [0.05, 0.1) is 0 Å². The molecule has 1 atom stereocenters. The van der Waals surface area contributed by atoms with Gasteiger partial charge in [-0.2, -0.15) is 0 Å². The number of carbonyl (C=O) groups excluding carboxylic acids is 1. The van der Waals surface area contributed by atoms with Crippen molar-refractivity contribution in [3.8, 4) is 0 Å². The van der Waals surface area contributed by atoms with Gasteiger partial charge >= 0.3 is 0 Å². The first-order valence-corrected chi connectivity index (χ1v) is 3.89. The zero-order valence-electron chi connectivity index (χ0n) is 7.11. The molecule has 0 radical (unpaired) electrons. The topological polar surface area (TPSA) is 29.1 Å². The van der Waals surface area contributed by atoms with Crippen molar-refractivity contribution in [1.82, 2.24) is 5.32 Å². The zero-order valence-corrected chi connectivity index (χ0v) is 7.11. The van der Waals surface area contributed by atoms with Crippen LogP contribution in [0.25, 0.3) is 0 Å². The molecular formula is C8H17NO. The molecule has 0 aromatic carbocycles. The van der Waals surface area contributed by atoms with E-state index in [1.165, 1.54) is 0 Å². The Morgan fingerprint density at radius 2 is 2.20 bits per heavy atom. The molecular weight excluding hydrogens is 126 g/mol. The maximum atomic E-state index is 10.5. The molecule has 0 aliphatic carbocycles. The van der Waals surface area contributed by atoms with Crippen molar-refractivity contribution in [3.05, 3.63) is 0 Å². The van der Waals surface area contributed by atoms with E-state index in [-0.39, 0.29) is 5.78 Å². The van der Waals surface area contributed by atoms with Gasteiger partial charge in [-0.3, -0.25) is 0 Å². The highest BCUT2D eigenvalue weighted by atomic mass is 16.1. The molecule has 2 nitrogen and oxygen atoms in total. The molecule has 0 aliphatic rings. The van der Waals surface area contributed by atoms with Crippen LogP contribution in [0.5, 0.6) is 0 Å². The number of ketones is 1. The quantitative estimate of drug-likeness (QED) is 0.629. The average molecular weight is 143 g/mol. The molecule has 0 saturated heterocycles. The molecule has 0 spiro atoms. The van der Waals surface area contributed by atoms with Gasteiger partial charge in [-0.25, -0.2) is 0 Å². The van der Waals surface area contributed by atoms with Crippen LogP contribution in [0.15, 0.2) is 0 Å². The highest BCUT2D eigenvalue weighted by Gasteiger charge is 2.00. The summed E-state index contributed by atoms with van der Waals surface area (Å²) in [5, 5.41) is 3.25. The first kappa shape index (κ1) is 9.63. The summed E-state index contributed by atoms with van der Waals surface area (Å²) in [6, 6.07) is 0.480. The Balaban J connectivity index is 3.21. The monoisotopic (exact) mass is 143 g/mol. The van der Waals surface area contributed by atoms with E-state index < -0.39 is 0 Å². The fourth-order valence-corrected chi connectivity index (χ4v) is 0.870. The Labute approximate surface area is 63.0 Å². The molecule has 0 amide bonds. The Bertz CT molecular complexity index is 101. The number of Topliss-reactive ketones (excluding diaryl/α,β-unsaturated/α-hetero) is 1. The van der Waals surface area contributed by atoms with Crippen LogP contribution in [0, 0.1) is 0 Å². The van der Waals surface area contributed by atoms with Crippen molar-refractivity contribution < 1.29 is 4.79 Å². The summed E-state index contributed by atoms with van der Waals surface area (Å²) in [7, 11) is 0. The van der Waals surface area contributed by atoms with Crippen LogP contribution in [0.2, 0.25) is 0 Å². The average Bonchev–Trinajstić information content (AvgIpc) is 1.85. The minimum atomic E-state index is 0.282. The van der Waals surface area contributed by atoms with E-state index in [1.54, 1.807) is 6.92 Å². The van der Waals surface area contributed by atoms with Crippen molar-refractivity contribution in [3.63, 3.8) is 0 Å². The fraction of sp³-hybridized carbons (Fsp3) is 0.875. The van der Waals surface area contributed by atoms with Gasteiger partial charge in [0.15, 0.2) is 0 Å². The SMILES string of the molecule is CCNC(C)CCC(C)=O. The molecule has 0 bridgehead atoms. The maximum absolute atomic E-state index is 10.5. The Morgan fingerprint density at radius 3 is 2.60 bits per heavy atom. The lowest BCUT2D eigenvalue weighted by atomic mass is 10.1.